The van der Waals surface area contributed by atoms with Gasteiger partial charge >= 0.3 is 6.09 Å². The maximum atomic E-state index is 15.4. The summed E-state index contributed by atoms with van der Waals surface area (Å²) in [5.41, 5.74) is -0.391. The van der Waals surface area contributed by atoms with Crippen LogP contribution in [0.25, 0.3) is 10.6 Å². The summed E-state index contributed by atoms with van der Waals surface area (Å²) in [7, 11) is 0. The number of nitrogens with zero attached hydrogens (tertiary/aromatic N) is 2. The zero-order valence-corrected chi connectivity index (χ0v) is 20.1. The van der Waals surface area contributed by atoms with Crippen LogP contribution < -0.4 is 10.6 Å². The molecular weight excluding hydrogens is 458 g/mol. The molecule has 2 unspecified atom stereocenters. The number of amides is 1. The van der Waals surface area contributed by atoms with Crippen molar-refractivity contribution in [3.63, 3.8) is 0 Å². The van der Waals surface area contributed by atoms with Crippen LogP contribution in [0.1, 0.15) is 42.9 Å². The molecule has 1 aromatic heterocycles. The lowest BCUT2D eigenvalue weighted by Crippen LogP contribution is -2.49. The van der Waals surface area contributed by atoms with Crippen LogP contribution in [0.15, 0.2) is 30.5 Å². The molecule has 1 amide bonds. The van der Waals surface area contributed by atoms with Crippen LogP contribution >= 0.6 is 11.3 Å². The number of nitrogens with one attached hydrogen (secondary N) is 2. The molecule has 0 bridgehead atoms. The van der Waals surface area contributed by atoms with Crippen LogP contribution in [0, 0.1) is 11.7 Å². The third-order valence-corrected chi connectivity index (χ3v) is 8.45. The van der Waals surface area contributed by atoms with E-state index in [0.717, 1.165) is 42.9 Å². The molecule has 184 valence electrons. The highest BCUT2D eigenvalue weighted by Gasteiger charge is 2.43. The molecule has 2 saturated heterocycles. The van der Waals surface area contributed by atoms with E-state index in [-0.39, 0.29) is 18.0 Å². The Morgan fingerprint density at radius 1 is 1.24 bits per heavy atom. The number of piperidine rings is 2. The second kappa shape index (κ2) is 10.3. The zero-order valence-electron chi connectivity index (χ0n) is 19.3. The van der Waals surface area contributed by atoms with E-state index < -0.39 is 5.67 Å². The number of alkyl halides is 1. The van der Waals surface area contributed by atoms with Crippen molar-refractivity contribution in [2.24, 2.45) is 5.92 Å². The van der Waals surface area contributed by atoms with E-state index in [1.54, 1.807) is 28.4 Å². The van der Waals surface area contributed by atoms with Crippen molar-refractivity contribution in [1.82, 2.24) is 20.5 Å². The highest BCUT2D eigenvalue weighted by atomic mass is 32.1. The van der Waals surface area contributed by atoms with Crippen molar-refractivity contribution < 1.29 is 18.3 Å². The average Bonchev–Trinajstić information content (AvgIpc) is 3.48. The molecule has 5 rings (SSSR count). The van der Waals surface area contributed by atoms with Gasteiger partial charge in [-0.25, -0.2) is 18.6 Å². The predicted molar refractivity (Wildman–Crippen MR) is 128 cm³/mol. The van der Waals surface area contributed by atoms with E-state index in [1.807, 2.05) is 6.20 Å². The lowest BCUT2D eigenvalue weighted by Gasteiger charge is -2.36. The third-order valence-electron chi connectivity index (χ3n) is 7.27. The molecule has 1 saturated carbocycles. The Hall–Kier alpha value is -2.10. The molecule has 0 radical (unpaired) electrons. The van der Waals surface area contributed by atoms with Gasteiger partial charge in [0.1, 0.15) is 16.5 Å². The number of benzene rings is 1. The van der Waals surface area contributed by atoms with Gasteiger partial charge in [0.05, 0.1) is 6.61 Å². The van der Waals surface area contributed by atoms with Crippen LogP contribution in [-0.4, -0.2) is 67.0 Å². The minimum Gasteiger partial charge on any atom is -0.449 e. The quantitative estimate of drug-likeness (QED) is 0.605. The van der Waals surface area contributed by atoms with Gasteiger partial charge in [0, 0.05) is 61.1 Å². The molecule has 2 aliphatic heterocycles. The Balaban J connectivity index is 1.04. The van der Waals surface area contributed by atoms with Gasteiger partial charge in [-0.15, -0.1) is 11.3 Å². The Kier molecular flexibility index (Phi) is 7.13. The van der Waals surface area contributed by atoms with Crippen LogP contribution in [0.4, 0.5) is 13.6 Å². The van der Waals surface area contributed by atoms with E-state index in [2.05, 4.69) is 15.6 Å². The first-order valence-electron chi connectivity index (χ1n) is 12.3. The highest BCUT2D eigenvalue weighted by molar-refractivity contribution is 7.15. The fourth-order valence-corrected chi connectivity index (χ4v) is 5.93. The van der Waals surface area contributed by atoms with Gasteiger partial charge in [0.15, 0.2) is 0 Å². The molecule has 0 spiro atoms. The minimum absolute atomic E-state index is 0.252. The maximum Gasteiger partial charge on any atom is 0.409 e. The van der Waals surface area contributed by atoms with Crippen LogP contribution in [0.5, 0.6) is 0 Å². The molecule has 34 heavy (non-hydrogen) atoms. The fourth-order valence-electron chi connectivity index (χ4n) is 4.83. The molecular formula is C25H32F2N4O2S. The number of carbonyl (C=O) groups is 1. The van der Waals surface area contributed by atoms with Crippen molar-refractivity contribution in [2.75, 3.05) is 39.3 Å². The molecule has 1 aliphatic carbocycles. The summed E-state index contributed by atoms with van der Waals surface area (Å²) in [5, 5.41) is 7.58. The van der Waals surface area contributed by atoms with E-state index in [1.165, 1.54) is 17.0 Å². The van der Waals surface area contributed by atoms with Crippen molar-refractivity contribution in [1.29, 1.82) is 0 Å². The molecule has 2 N–H and O–H groups in total. The summed E-state index contributed by atoms with van der Waals surface area (Å²) in [5.74, 6) is 0.517. The SMILES string of the molecule is O=C(OCC1CCNCC1)N1CCC(F)(CNC2CC2c2cnc(-c3ccc(F)cc3)s2)CC1. The number of rotatable bonds is 7. The molecule has 6 nitrogen and oxygen atoms in total. The Bertz CT molecular complexity index is 972. The predicted octanol–water partition coefficient (Wildman–Crippen LogP) is 4.34. The molecule has 3 aliphatic rings. The molecule has 3 fully saturated rings. The summed E-state index contributed by atoms with van der Waals surface area (Å²) in [6, 6.07) is 6.62. The lowest BCUT2D eigenvalue weighted by atomic mass is 9.93. The van der Waals surface area contributed by atoms with E-state index in [4.69, 9.17) is 4.74 Å². The first-order chi connectivity index (χ1) is 16.5. The summed E-state index contributed by atoms with van der Waals surface area (Å²) in [4.78, 5) is 19.7. The monoisotopic (exact) mass is 490 g/mol. The number of thiazole rings is 1. The summed E-state index contributed by atoms with van der Waals surface area (Å²) in [6.07, 6.45) is 5.26. The number of likely N-dealkylation sites (tertiary alicyclic amines) is 1. The first kappa shape index (κ1) is 23.6. The van der Waals surface area contributed by atoms with Crippen LogP contribution in [-0.2, 0) is 4.74 Å². The van der Waals surface area contributed by atoms with Crippen molar-refractivity contribution in [3.05, 3.63) is 41.2 Å². The van der Waals surface area contributed by atoms with Gasteiger partial charge in [0.25, 0.3) is 0 Å². The number of hydrogen-bond acceptors (Lipinski definition) is 6. The molecule has 2 aromatic rings. The Labute approximate surface area is 203 Å². The van der Waals surface area contributed by atoms with E-state index in [9.17, 15) is 9.18 Å². The number of hydrogen-bond donors (Lipinski definition) is 2. The molecule has 3 heterocycles. The Morgan fingerprint density at radius 2 is 1.97 bits per heavy atom. The first-order valence-corrected chi connectivity index (χ1v) is 13.1. The number of aromatic nitrogens is 1. The van der Waals surface area contributed by atoms with Crippen LogP contribution in [0.2, 0.25) is 0 Å². The standard InChI is InChI=1S/C25H32F2N4O2S/c26-19-3-1-18(2-4-19)23-29-14-22(34-23)20-13-21(20)30-16-25(27)7-11-31(12-8-25)24(32)33-15-17-5-9-28-10-6-17/h1-4,14,17,20-21,28,30H,5-13,15-16H2. The van der Waals surface area contributed by atoms with Gasteiger partial charge < -0.3 is 20.3 Å². The van der Waals surface area contributed by atoms with Gasteiger partial charge in [-0.3, -0.25) is 0 Å². The summed E-state index contributed by atoms with van der Waals surface area (Å²) < 4.78 is 34.0. The molecule has 1 aromatic carbocycles. The molecule has 9 heteroatoms. The third kappa shape index (κ3) is 5.75. The summed E-state index contributed by atoms with van der Waals surface area (Å²) >= 11 is 1.62. The highest BCUT2D eigenvalue weighted by Crippen LogP contribution is 2.45. The van der Waals surface area contributed by atoms with Crippen molar-refractivity contribution >= 4 is 17.4 Å². The topological polar surface area (TPSA) is 66.5 Å². The normalized spacial score (nSPS) is 24.7. The minimum atomic E-state index is -1.30. The largest absolute Gasteiger partial charge is 0.449 e. The fraction of sp³-hybridized carbons (Fsp3) is 0.600. The molecule has 2 atom stereocenters. The smallest absolute Gasteiger partial charge is 0.409 e. The average molecular weight is 491 g/mol. The Morgan fingerprint density at radius 3 is 2.71 bits per heavy atom. The van der Waals surface area contributed by atoms with Crippen molar-refractivity contribution in [2.45, 2.75) is 49.7 Å². The second-order valence-electron chi connectivity index (χ2n) is 9.81. The van der Waals surface area contributed by atoms with Gasteiger partial charge in [-0.05, 0) is 62.5 Å². The zero-order chi connectivity index (χ0) is 23.5. The van der Waals surface area contributed by atoms with Crippen molar-refractivity contribution in [3.8, 4) is 10.6 Å². The maximum absolute atomic E-state index is 15.4. The van der Waals surface area contributed by atoms with E-state index >= 15 is 4.39 Å². The van der Waals surface area contributed by atoms with Gasteiger partial charge in [0.2, 0.25) is 0 Å². The number of halogens is 2. The van der Waals surface area contributed by atoms with Gasteiger partial charge in [-0.1, -0.05) is 0 Å². The number of carbonyl (C=O) groups excluding carboxylic acids is 1. The second-order valence-corrected chi connectivity index (χ2v) is 10.9. The van der Waals surface area contributed by atoms with E-state index in [0.29, 0.717) is 50.9 Å². The number of ether oxygens (including phenoxy) is 1. The summed E-state index contributed by atoms with van der Waals surface area (Å²) in [6.45, 7) is 3.51. The van der Waals surface area contributed by atoms with Crippen LogP contribution in [0.3, 0.4) is 0 Å². The van der Waals surface area contributed by atoms with Gasteiger partial charge in [-0.2, -0.15) is 0 Å². The lowest BCUT2D eigenvalue weighted by molar-refractivity contribution is 0.0362.